The van der Waals surface area contributed by atoms with Crippen LogP contribution in [0.4, 0.5) is 4.39 Å². The van der Waals surface area contributed by atoms with Crippen molar-refractivity contribution in [3.63, 3.8) is 0 Å². The molecule has 1 N–H and O–H groups in total. The summed E-state index contributed by atoms with van der Waals surface area (Å²) < 4.78 is 44.4. The van der Waals surface area contributed by atoms with Gasteiger partial charge in [-0.3, -0.25) is 0 Å². The number of hydrogen-bond acceptors (Lipinski definition) is 4. The summed E-state index contributed by atoms with van der Waals surface area (Å²) in [7, 11) is -3.69. The molecule has 5 nitrogen and oxygen atoms in total. The smallest absolute Gasteiger partial charge is 0.241 e. The van der Waals surface area contributed by atoms with Crippen LogP contribution in [0.1, 0.15) is 17.1 Å². The molecule has 0 unspecified atom stereocenters. The first kappa shape index (κ1) is 13.7. The number of benzene rings is 1. The summed E-state index contributed by atoms with van der Waals surface area (Å²) in [6.07, 6.45) is 1.38. The highest BCUT2D eigenvalue weighted by molar-refractivity contribution is 7.89. The molecule has 2 aromatic rings. The maximum Gasteiger partial charge on any atom is 0.241 e. The quantitative estimate of drug-likeness (QED) is 0.931. The highest BCUT2D eigenvalue weighted by Gasteiger charge is 2.17. The van der Waals surface area contributed by atoms with Crippen LogP contribution in [0.15, 0.2) is 33.8 Å². The van der Waals surface area contributed by atoms with Gasteiger partial charge in [-0.2, -0.15) is 0 Å². The molecule has 7 heteroatoms. The number of halogens is 1. The Morgan fingerprint density at radius 2 is 2.11 bits per heavy atom. The lowest BCUT2D eigenvalue weighted by Crippen LogP contribution is -2.24. The minimum Gasteiger partial charge on any atom is -0.449 e. The van der Waals surface area contributed by atoms with Crippen LogP contribution in [-0.4, -0.2) is 13.4 Å². The van der Waals surface area contributed by atoms with Crippen LogP contribution in [0.5, 0.6) is 0 Å². The van der Waals surface area contributed by atoms with E-state index in [0.29, 0.717) is 17.1 Å². The average Bonchev–Trinajstić information content (AvgIpc) is 2.72. The maximum atomic E-state index is 13.0. The first-order valence-electron chi connectivity index (χ1n) is 5.55. The van der Waals surface area contributed by atoms with Gasteiger partial charge in [0.15, 0.2) is 5.89 Å². The molecule has 0 spiro atoms. The van der Waals surface area contributed by atoms with Crippen molar-refractivity contribution in [2.75, 3.05) is 0 Å². The fourth-order valence-corrected chi connectivity index (χ4v) is 2.87. The molecular weight excluding hydrogens is 271 g/mol. The summed E-state index contributed by atoms with van der Waals surface area (Å²) in [5.41, 5.74) is 0.838. The van der Waals surface area contributed by atoms with Crippen molar-refractivity contribution in [1.29, 1.82) is 0 Å². The van der Waals surface area contributed by atoms with Crippen molar-refractivity contribution in [3.8, 4) is 0 Å². The number of aryl methyl sites for hydroxylation is 2. The van der Waals surface area contributed by atoms with E-state index in [2.05, 4.69) is 9.71 Å². The van der Waals surface area contributed by atoms with Crippen LogP contribution in [0.3, 0.4) is 0 Å². The molecular formula is C12H13FN2O3S. The van der Waals surface area contributed by atoms with Gasteiger partial charge in [0.2, 0.25) is 10.0 Å². The molecule has 0 saturated carbocycles. The summed E-state index contributed by atoms with van der Waals surface area (Å²) in [4.78, 5) is 4.04. The van der Waals surface area contributed by atoms with Gasteiger partial charge in [0.25, 0.3) is 0 Å². The average molecular weight is 284 g/mol. The SMILES string of the molecule is Cc1nc(CNS(=O)(=O)c2ccc(F)cc2C)co1. The molecule has 1 heterocycles. The van der Waals surface area contributed by atoms with Crippen LogP contribution in [0.2, 0.25) is 0 Å². The maximum absolute atomic E-state index is 13.0. The Bertz CT molecular complexity index is 695. The van der Waals surface area contributed by atoms with Crippen LogP contribution in [0, 0.1) is 19.7 Å². The summed E-state index contributed by atoms with van der Waals surface area (Å²) in [6, 6.07) is 3.53. The van der Waals surface area contributed by atoms with Crippen molar-refractivity contribution in [1.82, 2.24) is 9.71 Å². The molecule has 2 rings (SSSR count). The number of rotatable bonds is 4. The minimum absolute atomic E-state index is 0.0243. The Labute approximate surface area is 110 Å². The first-order chi connectivity index (χ1) is 8.88. The number of nitrogens with one attached hydrogen (secondary N) is 1. The summed E-state index contributed by atoms with van der Waals surface area (Å²) in [6.45, 7) is 3.23. The van der Waals surface area contributed by atoms with Crippen molar-refractivity contribution in [2.24, 2.45) is 0 Å². The molecule has 0 bridgehead atoms. The number of sulfonamides is 1. The van der Waals surface area contributed by atoms with Gasteiger partial charge in [-0.25, -0.2) is 22.5 Å². The lowest BCUT2D eigenvalue weighted by molar-refractivity contribution is 0.520. The third-order valence-electron chi connectivity index (χ3n) is 2.54. The fraction of sp³-hybridized carbons (Fsp3) is 0.250. The van der Waals surface area contributed by atoms with E-state index in [1.807, 2.05) is 0 Å². The van der Waals surface area contributed by atoms with Crippen molar-refractivity contribution in [3.05, 3.63) is 47.4 Å². The minimum atomic E-state index is -3.69. The Morgan fingerprint density at radius 1 is 1.37 bits per heavy atom. The zero-order valence-electron chi connectivity index (χ0n) is 10.5. The number of hydrogen-bond donors (Lipinski definition) is 1. The van der Waals surface area contributed by atoms with E-state index in [1.54, 1.807) is 6.92 Å². The predicted molar refractivity (Wildman–Crippen MR) is 66.4 cm³/mol. The highest BCUT2D eigenvalue weighted by Crippen LogP contribution is 2.16. The second-order valence-electron chi connectivity index (χ2n) is 4.09. The predicted octanol–water partition coefficient (Wildman–Crippen LogP) is 1.91. The van der Waals surface area contributed by atoms with Gasteiger partial charge in [-0.1, -0.05) is 0 Å². The third-order valence-corrected chi connectivity index (χ3v) is 4.10. The number of aromatic nitrogens is 1. The van der Waals surface area contributed by atoms with Gasteiger partial charge in [-0.05, 0) is 30.7 Å². The largest absolute Gasteiger partial charge is 0.449 e. The molecule has 1 aromatic carbocycles. The molecule has 0 aliphatic rings. The zero-order valence-corrected chi connectivity index (χ0v) is 11.3. The molecule has 0 aliphatic heterocycles. The molecule has 0 saturated heterocycles. The third kappa shape index (κ3) is 3.18. The van der Waals surface area contributed by atoms with E-state index in [-0.39, 0.29) is 11.4 Å². The van der Waals surface area contributed by atoms with Crippen molar-refractivity contribution < 1.29 is 17.2 Å². The second-order valence-corrected chi connectivity index (χ2v) is 5.83. The molecule has 102 valence electrons. The lowest BCUT2D eigenvalue weighted by Gasteiger charge is -2.08. The van der Waals surface area contributed by atoms with Gasteiger partial charge in [0.05, 0.1) is 17.1 Å². The van der Waals surface area contributed by atoms with Gasteiger partial charge >= 0.3 is 0 Å². The van der Waals surface area contributed by atoms with Crippen molar-refractivity contribution in [2.45, 2.75) is 25.3 Å². The summed E-state index contributed by atoms with van der Waals surface area (Å²) in [5.74, 6) is -0.00395. The van der Waals surface area contributed by atoms with Gasteiger partial charge in [-0.15, -0.1) is 0 Å². The van der Waals surface area contributed by atoms with Crippen LogP contribution in [0.25, 0.3) is 0 Å². The van der Waals surface area contributed by atoms with Crippen molar-refractivity contribution >= 4 is 10.0 Å². The van der Waals surface area contributed by atoms with Gasteiger partial charge in [0, 0.05) is 6.92 Å². The van der Waals surface area contributed by atoms with E-state index in [9.17, 15) is 12.8 Å². The van der Waals surface area contributed by atoms with Crippen LogP contribution >= 0.6 is 0 Å². The summed E-state index contributed by atoms with van der Waals surface area (Å²) in [5, 5.41) is 0. The molecule has 0 fully saturated rings. The Morgan fingerprint density at radius 3 is 2.68 bits per heavy atom. The Kier molecular flexibility index (Phi) is 3.68. The molecule has 1 aromatic heterocycles. The van der Waals surface area contributed by atoms with E-state index in [0.717, 1.165) is 6.07 Å². The van der Waals surface area contributed by atoms with E-state index < -0.39 is 15.8 Å². The highest BCUT2D eigenvalue weighted by atomic mass is 32.2. The monoisotopic (exact) mass is 284 g/mol. The first-order valence-corrected chi connectivity index (χ1v) is 7.03. The molecule has 19 heavy (non-hydrogen) atoms. The van der Waals surface area contributed by atoms with Crippen LogP contribution in [-0.2, 0) is 16.6 Å². The van der Waals surface area contributed by atoms with Crippen LogP contribution < -0.4 is 4.72 Å². The van der Waals surface area contributed by atoms with E-state index in [1.165, 1.54) is 25.3 Å². The van der Waals surface area contributed by atoms with Gasteiger partial charge in [0.1, 0.15) is 12.1 Å². The molecule has 0 radical (unpaired) electrons. The second kappa shape index (κ2) is 5.10. The molecule has 0 atom stereocenters. The normalized spacial score (nSPS) is 11.7. The standard InChI is InChI=1S/C12H13FN2O3S/c1-8-5-10(13)3-4-12(8)19(16,17)14-6-11-7-18-9(2)15-11/h3-5,7,14H,6H2,1-2H3. The van der Waals surface area contributed by atoms with E-state index in [4.69, 9.17) is 4.42 Å². The Balaban J connectivity index is 2.18. The zero-order chi connectivity index (χ0) is 14.0. The molecule has 0 amide bonds. The van der Waals surface area contributed by atoms with Gasteiger partial charge < -0.3 is 4.42 Å². The topological polar surface area (TPSA) is 72.2 Å². The fourth-order valence-electron chi connectivity index (χ4n) is 1.65. The number of oxazole rings is 1. The number of nitrogens with zero attached hydrogens (tertiary/aromatic N) is 1. The Hall–Kier alpha value is -1.73. The van der Waals surface area contributed by atoms with E-state index >= 15 is 0 Å². The lowest BCUT2D eigenvalue weighted by atomic mass is 10.2. The molecule has 0 aliphatic carbocycles. The summed E-state index contributed by atoms with van der Waals surface area (Å²) >= 11 is 0.